The van der Waals surface area contributed by atoms with E-state index < -0.39 is 29.4 Å². The Labute approximate surface area is 237 Å². The van der Waals surface area contributed by atoms with E-state index in [1.165, 1.54) is 0 Å². The number of amides is 2. The number of nitrogens with zero attached hydrogens (tertiary/aromatic N) is 2. The predicted octanol–water partition coefficient (Wildman–Crippen LogP) is 7.26. The summed E-state index contributed by atoms with van der Waals surface area (Å²) in [4.78, 5) is 32.6. The summed E-state index contributed by atoms with van der Waals surface area (Å²) >= 11 is 0. The Bertz CT molecular complexity index is 1330. The van der Waals surface area contributed by atoms with Crippen LogP contribution in [0.2, 0.25) is 0 Å². The third-order valence-electron chi connectivity index (χ3n) is 5.92. The largest absolute Gasteiger partial charge is 0.496 e. The van der Waals surface area contributed by atoms with Crippen LogP contribution in [0, 0.1) is 13.8 Å². The molecule has 40 heavy (non-hydrogen) atoms. The molecule has 2 amide bonds. The number of carbonyl (C=O) groups is 2. The molecule has 8 heteroatoms. The monoisotopic (exact) mass is 547 g/mol. The van der Waals surface area contributed by atoms with Crippen molar-refractivity contribution in [1.82, 2.24) is 10.3 Å². The van der Waals surface area contributed by atoms with E-state index in [2.05, 4.69) is 10.3 Å². The van der Waals surface area contributed by atoms with Crippen LogP contribution in [-0.4, -0.2) is 35.4 Å². The number of anilines is 1. The first-order valence-electron chi connectivity index (χ1n) is 13.3. The molecule has 1 N–H and O–H groups in total. The summed E-state index contributed by atoms with van der Waals surface area (Å²) in [5.74, 6) is 0.672. The Morgan fingerprint density at radius 3 is 2.25 bits per heavy atom. The first-order valence-corrected chi connectivity index (χ1v) is 13.3. The molecule has 1 unspecified atom stereocenters. The number of hydrogen-bond donors (Lipinski definition) is 1. The Balaban J connectivity index is 2.11. The van der Waals surface area contributed by atoms with Gasteiger partial charge in [0.25, 0.3) is 0 Å². The van der Waals surface area contributed by atoms with Crippen LogP contribution in [0.4, 0.5) is 15.3 Å². The van der Waals surface area contributed by atoms with Crippen LogP contribution in [0.25, 0.3) is 0 Å². The van der Waals surface area contributed by atoms with Crippen molar-refractivity contribution in [2.45, 2.75) is 79.2 Å². The number of benzene rings is 2. The van der Waals surface area contributed by atoms with Crippen molar-refractivity contribution in [1.29, 1.82) is 0 Å². The summed E-state index contributed by atoms with van der Waals surface area (Å²) in [5.41, 5.74) is 3.17. The van der Waals surface area contributed by atoms with E-state index in [-0.39, 0.29) is 0 Å². The van der Waals surface area contributed by atoms with Gasteiger partial charge in [0.2, 0.25) is 0 Å². The van der Waals surface area contributed by atoms with Gasteiger partial charge < -0.3 is 19.5 Å². The van der Waals surface area contributed by atoms with E-state index in [9.17, 15) is 9.59 Å². The Hall–Kier alpha value is -4.07. The van der Waals surface area contributed by atoms with Gasteiger partial charge in [-0.1, -0.05) is 42.5 Å². The molecule has 0 saturated carbocycles. The highest BCUT2D eigenvalue weighted by atomic mass is 16.6. The predicted molar refractivity (Wildman–Crippen MR) is 157 cm³/mol. The molecule has 3 aromatic rings. The van der Waals surface area contributed by atoms with Crippen molar-refractivity contribution in [3.8, 4) is 5.75 Å². The molecular formula is C32H41N3O5. The first kappa shape index (κ1) is 30.5. The van der Waals surface area contributed by atoms with Crippen LogP contribution in [-0.2, 0) is 16.0 Å². The van der Waals surface area contributed by atoms with Gasteiger partial charge in [-0.15, -0.1) is 0 Å². The van der Waals surface area contributed by atoms with Crippen molar-refractivity contribution < 1.29 is 23.8 Å². The number of rotatable bonds is 7. The highest BCUT2D eigenvalue weighted by Gasteiger charge is 2.29. The molecule has 0 bridgehead atoms. The number of pyridine rings is 1. The summed E-state index contributed by atoms with van der Waals surface area (Å²) in [6, 6.07) is 17.0. The maximum absolute atomic E-state index is 13.4. The van der Waals surface area contributed by atoms with E-state index in [4.69, 9.17) is 14.2 Å². The van der Waals surface area contributed by atoms with Gasteiger partial charge in [0.15, 0.2) is 6.10 Å². The Morgan fingerprint density at radius 1 is 0.975 bits per heavy atom. The molecule has 0 radical (unpaired) electrons. The third-order valence-corrected chi connectivity index (χ3v) is 5.92. The molecule has 8 nitrogen and oxygen atoms in total. The van der Waals surface area contributed by atoms with Gasteiger partial charge in [-0.25, -0.2) is 9.59 Å². The summed E-state index contributed by atoms with van der Waals surface area (Å²) in [6.45, 7) is 15.2. The summed E-state index contributed by atoms with van der Waals surface area (Å²) < 4.78 is 17.4. The fraction of sp³-hybridized carbons (Fsp3) is 0.406. The maximum atomic E-state index is 13.4. The van der Waals surface area contributed by atoms with Crippen LogP contribution in [0.1, 0.15) is 75.6 Å². The summed E-state index contributed by atoms with van der Waals surface area (Å²) in [5, 5.41) is 2.86. The lowest BCUT2D eigenvalue weighted by molar-refractivity contribution is 0.0577. The van der Waals surface area contributed by atoms with Crippen molar-refractivity contribution >= 4 is 17.9 Å². The molecule has 2 aromatic carbocycles. The Kier molecular flexibility index (Phi) is 9.45. The second kappa shape index (κ2) is 12.4. The van der Waals surface area contributed by atoms with E-state index >= 15 is 0 Å². The normalized spacial score (nSPS) is 12.3. The van der Waals surface area contributed by atoms with E-state index in [0.717, 1.165) is 16.7 Å². The molecule has 1 atom stereocenters. The van der Waals surface area contributed by atoms with Crippen molar-refractivity contribution in [3.05, 3.63) is 88.7 Å². The summed E-state index contributed by atoms with van der Waals surface area (Å²) in [6.07, 6.45) is -0.237. The number of alkyl carbamates (subject to hydrolysis) is 1. The van der Waals surface area contributed by atoms with Crippen molar-refractivity contribution in [3.63, 3.8) is 0 Å². The van der Waals surface area contributed by atoms with Gasteiger partial charge in [0.05, 0.1) is 19.3 Å². The minimum Gasteiger partial charge on any atom is -0.496 e. The second-order valence-corrected chi connectivity index (χ2v) is 11.8. The van der Waals surface area contributed by atoms with E-state index in [0.29, 0.717) is 29.2 Å². The molecule has 0 aliphatic heterocycles. The number of hydrogen-bond acceptors (Lipinski definition) is 6. The molecule has 0 saturated heterocycles. The average molecular weight is 548 g/mol. The minimum atomic E-state index is -0.867. The molecular weight excluding hydrogens is 506 g/mol. The van der Waals surface area contributed by atoms with Gasteiger partial charge in [0.1, 0.15) is 11.4 Å². The zero-order chi connectivity index (χ0) is 29.7. The number of aryl methyl sites for hydroxylation is 1. The zero-order valence-corrected chi connectivity index (χ0v) is 25.0. The van der Waals surface area contributed by atoms with Crippen LogP contribution >= 0.6 is 0 Å². The zero-order valence-electron chi connectivity index (χ0n) is 25.0. The molecule has 3 rings (SSSR count). The van der Waals surface area contributed by atoms with Gasteiger partial charge in [-0.2, -0.15) is 0 Å². The lowest BCUT2D eigenvalue weighted by Gasteiger charge is -2.29. The standard InChI is InChI=1S/C32H41N3O5/c1-21-19-33-26(22(2)27(21)38-9)28(39-29(36)34-31(3,4)5)24-16-13-17-25(18-24)35(30(37)40-32(6,7)8)20-23-14-11-10-12-15-23/h10-19,28H,20H2,1-9H3,(H,34,36). The smallest absolute Gasteiger partial charge is 0.415 e. The lowest BCUT2D eigenvalue weighted by atomic mass is 10.00. The van der Waals surface area contributed by atoms with Crippen LogP contribution in [0.5, 0.6) is 5.75 Å². The van der Waals surface area contributed by atoms with E-state index in [1.807, 2.05) is 110 Å². The molecule has 0 aliphatic carbocycles. The first-order chi connectivity index (χ1) is 18.7. The second-order valence-electron chi connectivity index (χ2n) is 11.8. The van der Waals surface area contributed by atoms with Crippen LogP contribution in [0.15, 0.2) is 60.8 Å². The number of ether oxygens (including phenoxy) is 3. The molecule has 0 spiro atoms. The topological polar surface area (TPSA) is 90.0 Å². The molecule has 1 aromatic heterocycles. The molecule has 1 heterocycles. The highest BCUT2D eigenvalue weighted by molar-refractivity contribution is 5.88. The lowest BCUT2D eigenvalue weighted by Crippen LogP contribution is -2.41. The van der Waals surface area contributed by atoms with Crippen LogP contribution in [0.3, 0.4) is 0 Å². The van der Waals surface area contributed by atoms with E-state index in [1.54, 1.807) is 18.2 Å². The van der Waals surface area contributed by atoms with Gasteiger partial charge in [-0.05, 0) is 73.1 Å². The number of methoxy groups -OCH3 is 1. The van der Waals surface area contributed by atoms with Crippen LogP contribution < -0.4 is 15.0 Å². The minimum absolute atomic E-state index is 0.297. The van der Waals surface area contributed by atoms with Crippen molar-refractivity contribution in [2.24, 2.45) is 0 Å². The fourth-order valence-corrected chi connectivity index (χ4v) is 4.24. The number of carbonyl (C=O) groups excluding carboxylic acids is 2. The third kappa shape index (κ3) is 8.21. The molecule has 0 aliphatic rings. The quantitative estimate of drug-likeness (QED) is 0.335. The molecule has 214 valence electrons. The highest BCUT2D eigenvalue weighted by Crippen LogP contribution is 2.35. The van der Waals surface area contributed by atoms with Gasteiger partial charge in [-0.3, -0.25) is 9.88 Å². The molecule has 0 fully saturated rings. The van der Waals surface area contributed by atoms with Gasteiger partial charge >= 0.3 is 12.2 Å². The number of nitrogens with one attached hydrogen (secondary N) is 1. The average Bonchev–Trinajstić information content (AvgIpc) is 2.85. The van der Waals surface area contributed by atoms with Gasteiger partial charge in [0, 0.05) is 34.1 Å². The fourth-order valence-electron chi connectivity index (χ4n) is 4.24. The number of aromatic nitrogens is 1. The SMILES string of the molecule is COc1c(C)cnc(C(OC(=O)NC(C)(C)C)c2cccc(N(Cc3ccccc3)C(=O)OC(C)(C)C)c2)c1C. The maximum Gasteiger partial charge on any atom is 0.415 e. The van der Waals surface area contributed by atoms with Crippen molar-refractivity contribution in [2.75, 3.05) is 12.0 Å². The summed E-state index contributed by atoms with van der Waals surface area (Å²) in [7, 11) is 1.60. The Morgan fingerprint density at radius 2 is 1.65 bits per heavy atom.